The molecule has 0 spiro atoms. The van der Waals surface area contributed by atoms with Crippen molar-refractivity contribution in [2.45, 2.75) is 98.2 Å². The summed E-state index contributed by atoms with van der Waals surface area (Å²) < 4.78 is 0. The quantitative estimate of drug-likeness (QED) is 0.534. The fourth-order valence-corrected chi connectivity index (χ4v) is 304. The van der Waals surface area contributed by atoms with Crippen molar-refractivity contribution in [3.63, 3.8) is 0 Å². The van der Waals surface area contributed by atoms with E-state index >= 15 is 0 Å². The topological polar surface area (TPSA) is 0 Å². The molecule has 0 N–H and O–H groups in total. The molecule has 0 saturated carbocycles. The third kappa shape index (κ3) is 5.82. The largest absolute Gasteiger partial charge is 1.00 e. The molecule has 0 amide bonds. The zero-order valence-corrected chi connectivity index (χ0v) is 29.6. The number of rotatable bonds is 6. The molecule has 0 radical (unpaired) electrons. The van der Waals surface area contributed by atoms with E-state index in [9.17, 15) is 0 Å². The third-order valence-corrected chi connectivity index (χ3v) is 162. The van der Waals surface area contributed by atoms with Crippen LogP contribution in [-0.4, -0.2) is 51.5 Å². The minimum Gasteiger partial charge on any atom is -0.258 e. The van der Waals surface area contributed by atoms with E-state index in [4.69, 9.17) is 0 Å². The van der Waals surface area contributed by atoms with Gasteiger partial charge in [0.15, 0.2) is 0 Å². The van der Waals surface area contributed by atoms with Crippen LogP contribution in [0.15, 0.2) is 0 Å². The van der Waals surface area contributed by atoms with Crippen molar-refractivity contribution in [2.75, 3.05) is 0 Å². The predicted molar refractivity (Wildman–Crippen MR) is 128 cm³/mol. The molecular weight excluding hydrogens is 416 g/mol. The van der Waals surface area contributed by atoms with E-state index in [1.807, 2.05) is 0 Å². The van der Waals surface area contributed by atoms with Gasteiger partial charge in [-0.1, -0.05) is 98.2 Å². The van der Waals surface area contributed by atoms with Crippen molar-refractivity contribution in [3.8, 4) is 0 Å². The summed E-state index contributed by atoms with van der Waals surface area (Å²) in [5.74, 6) is 0. The second-order valence-electron chi connectivity index (χ2n) is 12.4. The molecule has 0 fully saturated rings. The minimum absolute atomic E-state index is 0. The van der Waals surface area contributed by atoms with Gasteiger partial charge in [-0.15, -0.1) is 21.3 Å². The van der Waals surface area contributed by atoms with E-state index in [2.05, 4.69) is 98.2 Å². The van der Waals surface area contributed by atoms with Crippen molar-refractivity contribution in [3.05, 3.63) is 0 Å². The molecule has 0 nitrogen and oxygen atoms in total. The second kappa shape index (κ2) is 8.26. The molecule has 0 bridgehead atoms. The maximum absolute atomic E-state index is 2.81. The van der Waals surface area contributed by atoms with Gasteiger partial charge in [-0.25, -0.2) is 0 Å². The summed E-state index contributed by atoms with van der Waals surface area (Å²) in [6, 6.07) is 0. The molecule has 134 valence electrons. The first-order chi connectivity index (χ1) is 9.12. The van der Waals surface area contributed by atoms with Crippen molar-refractivity contribution in [1.82, 2.24) is 0 Å². The van der Waals surface area contributed by atoms with Gasteiger partial charge in [-0.2, -0.15) is 0 Å². The van der Waals surface area contributed by atoms with E-state index in [0.717, 1.165) is 0 Å². The summed E-state index contributed by atoms with van der Waals surface area (Å²) >= 11 is 0. The molecule has 0 atom stereocenters. The van der Waals surface area contributed by atoms with Crippen LogP contribution in [0.3, 0.4) is 0 Å². The smallest absolute Gasteiger partial charge is 0.258 e. The van der Waals surface area contributed by atoms with Gasteiger partial charge in [-0.3, -0.25) is 7.35 Å². The summed E-state index contributed by atoms with van der Waals surface area (Å²) in [5, 5.41) is 0. The summed E-state index contributed by atoms with van der Waals surface area (Å²) in [7, 11) is -5.60. The maximum atomic E-state index is 2.81. The molecule has 0 aliphatic carbocycles. The van der Waals surface area contributed by atoms with Crippen LogP contribution < -0.4 is 51.4 Å². The van der Waals surface area contributed by atoms with Crippen LogP contribution in [0.1, 0.15) is 0 Å². The fraction of sp³-hybridized carbons (Fsp3) is 1.00. The molecule has 0 aromatic carbocycles. The molecule has 0 aromatic heterocycles. The maximum Gasteiger partial charge on any atom is 1.00 e. The molecule has 0 aliphatic heterocycles. The van der Waals surface area contributed by atoms with Gasteiger partial charge < -0.3 is 0 Å². The Morgan fingerprint density at radius 1 is 0.391 bits per heavy atom. The van der Waals surface area contributed by atoms with Crippen LogP contribution in [0.2, 0.25) is 98.2 Å². The standard InChI is InChI=1S/C15H45Si7.K/c1-17(2,3)16(18(4,5)6)22(19(7,8)9,20(10,11)12)21(13,14)15;/h1-15H3;/q-1;+1. The second-order valence-corrected chi connectivity index (χ2v) is 86.6. The Morgan fingerprint density at radius 3 is 0.609 bits per heavy atom. The molecule has 0 rings (SSSR count). The van der Waals surface area contributed by atoms with Gasteiger partial charge in [0.25, 0.3) is 0 Å². The Kier molecular flexibility index (Phi) is 10.2. The molecule has 23 heavy (non-hydrogen) atoms. The molecule has 0 heterocycles. The Bertz CT molecular complexity index is 338. The average Bonchev–Trinajstić information content (AvgIpc) is 2.02. The molecular formula is C15H45KSi7. The predicted octanol–water partition coefficient (Wildman–Crippen LogP) is 3.10. The Balaban J connectivity index is 0. The normalized spacial score (nSPS) is 15.7. The first kappa shape index (κ1) is 28.4. The first-order valence-corrected chi connectivity index (χ1v) is 36.0. The summed E-state index contributed by atoms with van der Waals surface area (Å²) in [4.78, 5) is 0. The van der Waals surface area contributed by atoms with E-state index in [-0.39, 0.29) is 58.7 Å². The van der Waals surface area contributed by atoms with E-state index < -0.39 is 44.1 Å². The van der Waals surface area contributed by atoms with Gasteiger partial charge >= 0.3 is 51.4 Å². The molecule has 0 aliphatic rings. The summed E-state index contributed by atoms with van der Waals surface area (Å²) in [6.07, 6.45) is -1.16. The Morgan fingerprint density at radius 2 is 0.565 bits per heavy atom. The van der Waals surface area contributed by atoms with Crippen LogP contribution in [0.4, 0.5) is 0 Å². The van der Waals surface area contributed by atoms with Crippen LogP contribution in [0.5, 0.6) is 0 Å². The van der Waals surface area contributed by atoms with Crippen LogP contribution >= 0.6 is 0 Å². The van der Waals surface area contributed by atoms with Crippen LogP contribution in [-0.2, 0) is 0 Å². The van der Waals surface area contributed by atoms with Crippen molar-refractivity contribution >= 4 is 51.5 Å². The monoisotopic (exact) mass is 460 g/mol. The summed E-state index contributed by atoms with van der Waals surface area (Å²) in [5.41, 5.74) is 0. The molecule has 8 heteroatoms. The fourth-order valence-electron chi connectivity index (χ4n) is 6.75. The minimum atomic E-state index is -1.16. The third-order valence-electron chi connectivity index (χ3n) is 5.25. The van der Waals surface area contributed by atoms with Gasteiger partial charge in [0.2, 0.25) is 0 Å². The van der Waals surface area contributed by atoms with E-state index in [1.165, 1.54) is 0 Å². The average molecular weight is 461 g/mol. The van der Waals surface area contributed by atoms with Gasteiger partial charge in [0.1, 0.15) is 0 Å². The van der Waals surface area contributed by atoms with Crippen LogP contribution in [0.25, 0.3) is 0 Å². The van der Waals surface area contributed by atoms with Crippen molar-refractivity contribution in [2.24, 2.45) is 0 Å². The molecule has 0 unspecified atom stereocenters. The zero-order chi connectivity index (χ0) is 18.6. The number of hydrogen-bond donors (Lipinski definition) is 0. The number of hydrogen-bond acceptors (Lipinski definition) is 0. The van der Waals surface area contributed by atoms with E-state index in [1.54, 1.807) is 0 Å². The van der Waals surface area contributed by atoms with Gasteiger partial charge in [0.05, 0.1) is 0 Å². The van der Waals surface area contributed by atoms with Crippen molar-refractivity contribution < 1.29 is 51.4 Å². The van der Waals surface area contributed by atoms with Crippen LogP contribution in [0, 0.1) is 0 Å². The summed E-state index contributed by atoms with van der Waals surface area (Å²) in [6.45, 7) is 41.8. The van der Waals surface area contributed by atoms with E-state index in [0.29, 0.717) is 0 Å². The van der Waals surface area contributed by atoms with Gasteiger partial charge in [0, 0.05) is 22.8 Å². The first-order valence-electron chi connectivity index (χ1n) is 9.00. The SMILES string of the molecule is C[Si](C)(C)[Si-]([Si](C)(C)C)[Si]([Si](C)(C)C)([Si](C)(C)C)[Si](C)(C)C.[K+]. The van der Waals surface area contributed by atoms with Crippen molar-refractivity contribution in [1.29, 1.82) is 0 Å². The van der Waals surface area contributed by atoms with Gasteiger partial charge in [-0.05, 0) is 0 Å². The Labute approximate surface area is 198 Å². The molecule has 0 aromatic rings. The zero-order valence-electron chi connectivity index (χ0n) is 19.5. The molecule has 0 saturated heterocycles. The Hall–Kier alpha value is 3.15.